The molecule has 1 fully saturated rings. The summed E-state index contributed by atoms with van der Waals surface area (Å²) in [5.41, 5.74) is 2.33. The third-order valence-electron chi connectivity index (χ3n) is 5.27. The highest BCUT2D eigenvalue weighted by Gasteiger charge is 2.27. The summed E-state index contributed by atoms with van der Waals surface area (Å²) in [6, 6.07) is 13.8. The largest absolute Gasteiger partial charge is 0.337 e. The minimum absolute atomic E-state index is 0.144. The number of aryl methyl sites for hydroxylation is 1. The molecule has 1 saturated heterocycles. The molecule has 1 aromatic heterocycles. The van der Waals surface area contributed by atoms with Crippen molar-refractivity contribution >= 4 is 15.9 Å². The van der Waals surface area contributed by atoms with Crippen molar-refractivity contribution in [2.24, 2.45) is 0 Å². The van der Waals surface area contributed by atoms with Crippen LogP contribution >= 0.6 is 0 Å². The molecule has 0 unspecified atom stereocenters. The van der Waals surface area contributed by atoms with Gasteiger partial charge in [-0.3, -0.25) is 4.79 Å². The van der Waals surface area contributed by atoms with Crippen LogP contribution in [0.1, 0.15) is 34.7 Å². The lowest BCUT2D eigenvalue weighted by Crippen LogP contribution is -2.28. The number of carbonyl (C=O) groups is 1. The summed E-state index contributed by atoms with van der Waals surface area (Å²) in [7, 11) is -1.87. The lowest BCUT2D eigenvalue weighted by atomic mass is 10.1. The van der Waals surface area contributed by atoms with Crippen molar-refractivity contribution in [3.05, 3.63) is 65.5 Å². The van der Waals surface area contributed by atoms with Crippen LogP contribution in [0.3, 0.4) is 0 Å². The summed E-state index contributed by atoms with van der Waals surface area (Å²) in [4.78, 5) is 18.8. The monoisotopic (exact) mass is 440 g/mol. The first-order chi connectivity index (χ1) is 14.8. The molecular weight excluding hydrogens is 416 g/mol. The zero-order chi connectivity index (χ0) is 22.0. The van der Waals surface area contributed by atoms with Crippen LogP contribution in [0, 0.1) is 6.92 Å². The van der Waals surface area contributed by atoms with E-state index in [4.69, 9.17) is 4.52 Å². The maximum atomic E-state index is 12.8. The highest BCUT2D eigenvalue weighted by molar-refractivity contribution is 7.89. The van der Waals surface area contributed by atoms with Gasteiger partial charge in [0.2, 0.25) is 21.7 Å². The summed E-state index contributed by atoms with van der Waals surface area (Å²) in [6.45, 7) is 3.21. The Morgan fingerprint density at radius 3 is 2.52 bits per heavy atom. The average Bonchev–Trinajstić information content (AvgIpc) is 3.46. The number of sulfonamides is 1. The molecule has 3 aromatic rings. The molecule has 0 saturated carbocycles. The fraction of sp³-hybridized carbons (Fsp3) is 0.318. The molecule has 1 aliphatic rings. The van der Waals surface area contributed by atoms with Crippen molar-refractivity contribution in [1.82, 2.24) is 19.3 Å². The van der Waals surface area contributed by atoms with Crippen molar-refractivity contribution in [3.63, 3.8) is 0 Å². The van der Waals surface area contributed by atoms with Crippen LogP contribution in [0.4, 0.5) is 0 Å². The molecule has 0 radical (unpaired) electrons. The number of hydrogen-bond acceptors (Lipinski definition) is 6. The first kappa shape index (κ1) is 21.2. The number of carbonyl (C=O) groups excluding carboxylic acids is 1. The third-order valence-corrected chi connectivity index (χ3v) is 7.18. The van der Waals surface area contributed by atoms with E-state index >= 15 is 0 Å². The van der Waals surface area contributed by atoms with E-state index < -0.39 is 10.0 Å². The molecule has 31 heavy (non-hydrogen) atoms. The maximum absolute atomic E-state index is 12.8. The van der Waals surface area contributed by atoms with E-state index in [0.717, 1.165) is 24.0 Å². The third kappa shape index (κ3) is 4.52. The van der Waals surface area contributed by atoms with Gasteiger partial charge in [-0.2, -0.15) is 9.29 Å². The maximum Gasteiger partial charge on any atom is 0.254 e. The van der Waals surface area contributed by atoms with Gasteiger partial charge in [-0.1, -0.05) is 28.9 Å². The van der Waals surface area contributed by atoms with Crippen LogP contribution in [0.25, 0.3) is 11.4 Å². The lowest BCUT2D eigenvalue weighted by Gasteiger charge is -2.17. The molecule has 4 rings (SSSR count). The fourth-order valence-corrected chi connectivity index (χ4v) is 5.08. The number of rotatable bonds is 6. The van der Waals surface area contributed by atoms with Gasteiger partial charge in [-0.25, -0.2) is 8.42 Å². The van der Waals surface area contributed by atoms with Crippen LogP contribution in [0.2, 0.25) is 0 Å². The number of nitrogens with zero attached hydrogens (tertiary/aromatic N) is 4. The van der Waals surface area contributed by atoms with Crippen LogP contribution < -0.4 is 0 Å². The van der Waals surface area contributed by atoms with E-state index in [1.165, 1.54) is 33.5 Å². The molecule has 162 valence electrons. The molecule has 0 N–H and O–H groups in total. The molecule has 2 heterocycles. The van der Waals surface area contributed by atoms with Gasteiger partial charge in [-0.15, -0.1) is 0 Å². The fourth-order valence-electron chi connectivity index (χ4n) is 3.56. The Balaban J connectivity index is 1.44. The second-order valence-electron chi connectivity index (χ2n) is 7.68. The Labute approximate surface area is 181 Å². The van der Waals surface area contributed by atoms with Crippen molar-refractivity contribution in [2.75, 3.05) is 20.1 Å². The highest BCUT2D eigenvalue weighted by Crippen LogP contribution is 2.22. The van der Waals surface area contributed by atoms with E-state index in [2.05, 4.69) is 10.1 Å². The Kier molecular flexibility index (Phi) is 5.88. The SMILES string of the molecule is Cc1cccc(-c2noc(CN(C)C(=O)c3ccc(S(=O)(=O)N4CCCC4)cc3)n2)c1. The first-order valence-corrected chi connectivity index (χ1v) is 11.5. The van der Waals surface area contributed by atoms with E-state index in [1.807, 2.05) is 31.2 Å². The molecule has 0 spiro atoms. The molecule has 1 amide bonds. The lowest BCUT2D eigenvalue weighted by molar-refractivity contribution is 0.0769. The summed E-state index contributed by atoms with van der Waals surface area (Å²) in [5, 5.41) is 3.99. The van der Waals surface area contributed by atoms with Gasteiger partial charge in [0, 0.05) is 31.3 Å². The molecule has 0 atom stereocenters. The van der Waals surface area contributed by atoms with Gasteiger partial charge >= 0.3 is 0 Å². The van der Waals surface area contributed by atoms with E-state index in [9.17, 15) is 13.2 Å². The minimum atomic E-state index is -3.50. The number of amides is 1. The summed E-state index contributed by atoms with van der Waals surface area (Å²) < 4.78 is 32.0. The number of benzene rings is 2. The Hall–Kier alpha value is -3.04. The van der Waals surface area contributed by atoms with Gasteiger partial charge in [0.25, 0.3) is 5.91 Å². The Bertz CT molecular complexity index is 1180. The van der Waals surface area contributed by atoms with Gasteiger partial charge in [0.15, 0.2) is 0 Å². The highest BCUT2D eigenvalue weighted by atomic mass is 32.2. The van der Waals surface area contributed by atoms with Crippen molar-refractivity contribution in [2.45, 2.75) is 31.2 Å². The second-order valence-corrected chi connectivity index (χ2v) is 9.62. The van der Waals surface area contributed by atoms with Crippen molar-refractivity contribution < 1.29 is 17.7 Å². The average molecular weight is 441 g/mol. The predicted molar refractivity (Wildman–Crippen MR) is 115 cm³/mol. The summed E-state index contributed by atoms with van der Waals surface area (Å²) in [6.07, 6.45) is 1.75. The number of hydrogen-bond donors (Lipinski definition) is 0. The molecule has 0 bridgehead atoms. The summed E-state index contributed by atoms with van der Waals surface area (Å²) >= 11 is 0. The molecule has 0 aliphatic carbocycles. The number of aromatic nitrogens is 2. The van der Waals surface area contributed by atoms with Crippen LogP contribution in [0.5, 0.6) is 0 Å². The van der Waals surface area contributed by atoms with Crippen molar-refractivity contribution in [1.29, 1.82) is 0 Å². The summed E-state index contributed by atoms with van der Waals surface area (Å²) in [5.74, 6) is 0.525. The van der Waals surface area contributed by atoms with E-state index in [-0.39, 0.29) is 17.3 Å². The first-order valence-electron chi connectivity index (χ1n) is 10.1. The molecule has 1 aliphatic heterocycles. The van der Waals surface area contributed by atoms with Gasteiger partial charge in [0.1, 0.15) is 0 Å². The molecular formula is C22H24N4O4S. The van der Waals surface area contributed by atoms with Gasteiger partial charge < -0.3 is 9.42 Å². The Morgan fingerprint density at radius 2 is 1.84 bits per heavy atom. The predicted octanol–water partition coefficient (Wildman–Crippen LogP) is 3.10. The van der Waals surface area contributed by atoms with E-state index in [0.29, 0.717) is 30.4 Å². The quantitative estimate of drug-likeness (QED) is 0.584. The topological polar surface area (TPSA) is 96.6 Å². The molecule has 2 aromatic carbocycles. The van der Waals surface area contributed by atoms with E-state index in [1.54, 1.807) is 7.05 Å². The zero-order valence-electron chi connectivity index (χ0n) is 17.5. The molecule has 9 heteroatoms. The van der Waals surface area contributed by atoms with Crippen LogP contribution in [-0.2, 0) is 16.6 Å². The van der Waals surface area contributed by atoms with Gasteiger partial charge in [-0.05, 0) is 50.1 Å². The van der Waals surface area contributed by atoms with Crippen LogP contribution in [-0.4, -0.2) is 53.8 Å². The minimum Gasteiger partial charge on any atom is -0.337 e. The zero-order valence-corrected chi connectivity index (χ0v) is 18.3. The second kappa shape index (κ2) is 8.60. The van der Waals surface area contributed by atoms with Crippen molar-refractivity contribution in [3.8, 4) is 11.4 Å². The van der Waals surface area contributed by atoms with Crippen LogP contribution in [0.15, 0.2) is 57.9 Å². The van der Waals surface area contributed by atoms with Gasteiger partial charge in [0.05, 0.1) is 11.4 Å². The normalized spacial score (nSPS) is 14.6. The molecule has 8 nitrogen and oxygen atoms in total. The smallest absolute Gasteiger partial charge is 0.254 e. The standard InChI is InChI=1S/C22H24N4O4S/c1-16-6-5-7-18(14-16)21-23-20(30-24-21)15-25(2)22(27)17-8-10-19(11-9-17)31(28,29)26-12-3-4-13-26/h5-11,14H,3-4,12-13,15H2,1-2H3. The Morgan fingerprint density at radius 1 is 1.13 bits per heavy atom.